The zero-order valence-corrected chi connectivity index (χ0v) is 13.6. The van der Waals surface area contributed by atoms with Crippen molar-refractivity contribution in [2.24, 2.45) is 0 Å². The molecule has 0 heterocycles. The molecule has 0 saturated heterocycles. The molecule has 2 aromatic rings. The Kier molecular flexibility index (Phi) is 4.31. The molecule has 1 amide bonds. The fraction of sp³-hybridized carbons (Fsp3) is 0.111. The van der Waals surface area contributed by atoms with Crippen LogP contribution in [0.15, 0.2) is 42.5 Å². The normalized spacial score (nSPS) is 12.4. The van der Waals surface area contributed by atoms with Crippen molar-refractivity contribution in [1.29, 1.82) is 0 Å². The first-order valence-corrected chi connectivity index (χ1v) is 8.21. The van der Waals surface area contributed by atoms with Gasteiger partial charge in [-0.2, -0.15) is 0 Å². The minimum atomic E-state index is -0.342. The first-order valence-electron chi connectivity index (χ1n) is 7.23. The second-order valence-electron chi connectivity index (χ2n) is 5.29. The summed E-state index contributed by atoms with van der Waals surface area (Å²) < 4.78 is 0. The molecule has 1 aliphatic rings. The molecule has 5 nitrogen and oxygen atoms in total. The number of nitrogens with one attached hydrogen (secondary N) is 1. The molecule has 0 saturated carbocycles. The average molecular weight is 339 g/mol. The van der Waals surface area contributed by atoms with Gasteiger partial charge < -0.3 is 5.32 Å². The SMILES string of the molecule is CC(=O)SCC(=O)Nc1ccc2c(c1)C(=O)c1ccccc1C2=O. The molecule has 0 aliphatic heterocycles. The molecular formula is C18H13NO4S. The zero-order valence-electron chi connectivity index (χ0n) is 12.8. The van der Waals surface area contributed by atoms with Gasteiger partial charge in [-0.15, -0.1) is 0 Å². The molecule has 2 aromatic carbocycles. The van der Waals surface area contributed by atoms with Crippen molar-refractivity contribution >= 4 is 40.0 Å². The Balaban J connectivity index is 1.89. The van der Waals surface area contributed by atoms with Crippen LogP contribution in [-0.2, 0) is 9.59 Å². The van der Waals surface area contributed by atoms with Crippen LogP contribution >= 0.6 is 11.8 Å². The third-order valence-corrected chi connectivity index (χ3v) is 4.43. The van der Waals surface area contributed by atoms with E-state index in [0.29, 0.717) is 22.4 Å². The molecule has 3 rings (SSSR count). The Hall–Kier alpha value is -2.73. The van der Waals surface area contributed by atoms with Crippen LogP contribution in [0.3, 0.4) is 0 Å². The first kappa shape index (κ1) is 16.1. The highest BCUT2D eigenvalue weighted by Gasteiger charge is 2.29. The van der Waals surface area contributed by atoms with Crippen LogP contribution in [-0.4, -0.2) is 28.3 Å². The predicted molar refractivity (Wildman–Crippen MR) is 91.5 cm³/mol. The molecule has 0 spiro atoms. The Morgan fingerprint density at radius 1 is 0.917 bits per heavy atom. The Morgan fingerprint density at radius 2 is 1.50 bits per heavy atom. The van der Waals surface area contributed by atoms with Crippen molar-refractivity contribution < 1.29 is 19.2 Å². The van der Waals surface area contributed by atoms with Gasteiger partial charge in [0.15, 0.2) is 16.7 Å². The molecule has 0 fully saturated rings. The maximum absolute atomic E-state index is 12.6. The largest absolute Gasteiger partial charge is 0.325 e. The van der Waals surface area contributed by atoms with Gasteiger partial charge in [-0.3, -0.25) is 19.2 Å². The van der Waals surface area contributed by atoms with Crippen molar-refractivity contribution in [2.45, 2.75) is 6.92 Å². The summed E-state index contributed by atoms with van der Waals surface area (Å²) in [5.41, 5.74) is 1.78. The summed E-state index contributed by atoms with van der Waals surface area (Å²) >= 11 is 0.907. The Bertz CT molecular complexity index is 888. The van der Waals surface area contributed by atoms with Crippen molar-refractivity contribution in [2.75, 3.05) is 11.1 Å². The van der Waals surface area contributed by atoms with Crippen LogP contribution in [0, 0.1) is 0 Å². The van der Waals surface area contributed by atoms with Crippen LogP contribution in [0.25, 0.3) is 0 Å². The summed E-state index contributed by atoms with van der Waals surface area (Å²) in [6.45, 7) is 1.39. The number of carbonyl (C=O) groups is 4. The van der Waals surface area contributed by atoms with E-state index in [1.54, 1.807) is 36.4 Å². The summed E-state index contributed by atoms with van der Waals surface area (Å²) in [6.07, 6.45) is 0. The second kappa shape index (κ2) is 6.41. The van der Waals surface area contributed by atoms with Gasteiger partial charge in [0.1, 0.15) is 0 Å². The first-order chi connectivity index (χ1) is 11.5. The standard InChI is InChI=1S/C18H13NO4S/c1-10(20)24-9-16(21)19-11-6-7-14-15(8-11)18(23)13-5-3-2-4-12(13)17(14)22/h2-8H,9H2,1H3,(H,19,21). The fourth-order valence-corrected chi connectivity index (χ4v) is 2.95. The van der Waals surface area contributed by atoms with E-state index in [2.05, 4.69) is 5.32 Å². The predicted octanol–water partition coefficient (Wildman–Crippen LogP) is 2.68. The summed E-state index contributed by atoms with van der Waals surface area (Å²) in [5.74, 6) is -0.785. The van der Waals surface area contributed by atoms with E-state index in [1.807, 2.05) is 0 Å². The number of thioether (sulfide) groups is 1. The summed E-state index contributed by atoms with van der Waals surface area (Å²) in [4.78, 5) is 47.8. The number of amides is 1. The average Bonchev–Trinajstić information content (AvgIpc) is 2.58. The van der Waals surface area contributed by atoms with Gasteiger partial charge in [-0.1, -0.05) is 36.0 Å². The van der Waals surface area contributed by atoms with Gasteiger partial charge in [0.2, 0.25) is 5.91 Å². The Labute approximate surface area is 142 Å². The van der Waals surface area contributed by atoms with Crippen molar-refractivity contribution in [1.82, 2.24) is 0 Å². The number of carbonyl (C=O) groups excluding carboxylic acids is 4. The van der Waals surface area contributed by atoms with Crippen LogP contribution < -0.4 is 5.32 Å². The Morgan fingerprint density at radius 3 is 2.12 bits per heavy atom. The fourth-order valence-electron chi connectivity index (χ4n) is 2.54. The van der Waals surface area contributed by atoms with Gasteiger partial charge >= 0.3 is 0 Å². The molecule has 0 bridgehead atoms. The van der Waals surface area contributed by atoms with E-state index in [9.17, 15) is 19.2 Å². The molecule has 1 aliphatic carbocycles. The van der Waals surface area contributed by atoms with Crippen LogP contribution in [0.2, 0.25) is 0 Å². The van der Waals surface area contributed by atoms with Gasteiger partial charge in [0.05, 0.1) is 5.75 Å². The minimum Gasteiger partial charge on any atom is -0.325 e. The lowest BCUT2D eigenvalue weighted by Gasteiger charge is -2.18. The molecule has 24 heavy (non-hydrogen) atoms. The van der Waals surface area contributed by atoms with Crippen molar-refractivity contribution in [3.05, 3.63) is 64.7 Å². The van der Waals surface area contributed by atoms with E-state index >= 15 is 0 Å². The molecule has 0 atom stereocenters. The number of hydrogen-bond donors (Lipinski definition) is 1. The van der Waals surface area contributed by atoms with Crippen molar-refractivity contribution in [3.8, 4) is 0 Å². The highest BCUT2D eigenvalue weighted by atomic mass is 32.2. The number of benzene rings is 2. The quantitative estimate of drug-likeness (QED) is 0.793. The van der Waals surface area contributed by atoms with Crippen LogP contribution in [0.4, 0.5) is 5.69 Å². The molecule has 0 aromatic heterocycles. The molecule has 6 heteroatoms. The number of ketones is 2. The van der Waals surface area contributed by atoms with E-state index in [0.717, 1.165) is 11.8 Å². The van der Waals surface area contributed by atoms with E-state index in [1.165, 1.54) is 13.0 Å². The zero-order chi connectivity index (χ0) is 17.3. The number of fused-ring (bicyclic) bond motifs is 2. The maximum atomic E-state index is 12.6. The molecule has 120 valence electrons. The molecule has 0 unspecified atom stereocenters. The summed E-state index contributed by atoms with van der Waals surface area (Å²) in [7, 11) is 0. The highest BCUT2D eigenvalue weighted by Crippen LogP contribution is 2.29. The second-order valence-corrected chi connectivity index (χ2v) is 6.44. The highest BCUT2D eigenvalue weighted by molar-refractivity contribution is 8.14. The lowest BCUT2D eigenvalue weighted by molar-refractivity contribution is -0.114. The number of rotatable bonds is 3. The number of hydrogen-bond acceptors (Lipinski definition) is 5. The van der Waals surface area contributed by atoms with Gasteiger partial charge in [0.25, 0.3) is 0 Å². The lowest BCUT2D eigenvalue weighted by atomic mass is 9.84. The monoisotopic (exact) mass is 339 g/mol. The minimum absolute atomic E-state index is 0.00211. The lowest BCUT2D eigenvalue weighted by Crippen LogP contribution is -2.21. The van der Waals surface area contributed by atoms with Gasteiger partial charge in [-0.05, 0) is 18.2 Å². The molecular weight excluding hydrogens is 326 g/mol. The van der Waals surface area contributed by atoms with E-state index in [-0.39, 0.29) is 33.9 Å². The maximum Gasteiger partial charge on any atom is 0.234 e. The topological polar surface area (TPSA) is 80.3 Å². The smallest absolute Gasteiger partial charge is 0.234 e. The third-order valence-electron chi connectivity index (χ3n) is 3.62. The summed E-state index contributed by atoms with van der Waals surface area (Å²) in [5, 5.41) is 2.49. The van der Waals surface area contributed by atoms with Crippen LogP contribution in [0.1, 0.15) is 38.8 Å². The third kappa shape index (κ3) is 3.00. The van der Waals surface area contributed by atoms with Gasteiger partial charge in [-0.25, -0.2) is 0 Å². The van der Waals surface area contributed by atoms with E-state index < -0.39 is 0 Å². The van der Waals surface area contributed by atoms with Crippen molar-refractivity contribution in [3.63, 3.8) is 0 Å². The van der Waals surface area contributed by atoms with Gasteiger partial charge in [0, 0.05) is 34.9 Å². The summed E-state index contributed by atoms with van der Waals surface area (Å²) in [6, 6.07) is 11.3. The molecule has 1 N–H and O–H groups in total. The van der Waals surface area contributed by atoms with Crippen LogP contribution in [0.5, 0.6) is 0 Å². The number of anilines is 1. The molecule has 0 radical (unpaired) electrons. The van der Waals surface area contributed by atoms with E-state index in [4.69, 9.17) is 0 Å².